The van der Waals surface area contributed by atoms with Crippen molar-refractivity contribution >= 4 is 0 Å². The van der Waals surface area contributed by atoms with Crippen molar-refractivity contribution in [3.05, 3.63) is 12.7 Å². The first-order valence-electron chi connectivity index (χ1n) is 4.85. The number of aliphatic hydroxyl groups is 2. The molecule has 1 aliphatic heterocycles. The number of unbranched alkanes of at least 4 members (excludes halogenated alkanes) is 2. The molecule has 0 aromatic rings. The Labute approximate surface area is 79.0 Å². The van der Waals surface area contributed by atoms with Gasteiger partial charge in [0.05, 0.1) is 12.7 Å². The Morgan fingerprint density at radius 1 is 1.46 bits per heavy atom. The molecule has 1 aliphatic rings. The van der Waals surface area contributed by atoms with Gasteiger partial charge < -0.3 is 14.9 Å². The maximum Gasteiger partial charge on any atom is 0.112 e. The molecule has 0 aliphatic carbocycles. The minimum atomic E-state index is -0.690. The van der Waals surface area contributed by atoms with E-state index < -0.39 is 6.10 Å². The van der Waals surface area contributed by atoms with Crippen molar-refractivity contribution in [3.63, 3.8) is 0 Å². The average molecular weight is 186 g/mol. The predicted octanol–water partition coefficient (Wildman–Crippen LogP) is 0.853. The number of hydrogen-bond donors (Lipinski definition) is 2. The topological polar surface area (TPSA) is 53.0 Å². The summed E-state index contributed by atoms with van der Waals surface area (Å²) in [6.07, 6.45) is 5.53. The van der Waals surface area contributed by atoms with Crippen molar-refractivity contribution < 1.29 is 14.9 Å². The quantitative estimate of drug-likeness (QED) is 0.352. The van der Waals surface area contributed by atoms with E-state index in [1.165, 1.54) is 0 Å². The van der Waals surface area contributed by atoms with E-state index in [0.29, 0.717) is 0 Å². The van der Waals surface area contributed by atoms with Crippen LogP contribution in [0.5, 0.6) is 0 Å². The molecule has 2 N–H and O–H groups in total. The second-order valence-corrected chi connectivity index (χ2v) is 3.46. The van der Waals surface area contributed by atoms with Crippen LogP contribution < -0.4 is 0 Å². The van der Waals surface area contributed by atoms with E-state index in [4.69, 9.17) is 9.84 Å². The maximum atomic E-state index is 9.18. The van der Waals surface area contributed by atoms with Gasteiger partial charge in [-0.05, 0) is 19.3 Å². The minimum Gasteiger partial charge on any atom is -0.394 e. The summed E-state index contributed by atoms with van der Waals surface area (Å²) in [5.41, 5.74) is 0. The summed E-state index contributed by atoms with van der Waals surface area (Å²) in [7, 11) is 0. The van der Waals surface area contributed by atoms with E-state index in [1.54, 1.807) is 0 Å². The summed E-state index contributed by atoms with van der Waals surface area (Å²) < 4.78 is 5.21. The molecule has 0 aromatic heterocycles. The molecule has 3 unspecified atom stereocenters. The van der Waals surface area contributed by atoms with Crippen molar-refractivity contribution in [3.8, 4) is 0 Å². The van der Waals surface area contributed by atoms with Gasteiger partial charge in [-0.1, -0.05) is 12.5 Å². The Kier molecular flexibility index (Phi) is 4.42. The number of hydrogen-bond acceptors (Lipinski definition) is 3. The first kappa shape index (κ1) is 10.7. The van der Waals surface area contributed by atoms with Crippen LogP contribution in [0.15, 0.2) is 12.7 Å². The SMILES string of the molecule is C=CCCCCC1OC1C(O)CO. The molecule has 3 heteroatoms. The lowest BCUT2D eigenvalue weighted by molar-refractivity contribution is 0.0706. The molecule has 0 amide bonds. The Bertz CT molecular complexity index is 158. The lowest BCUT2D eigenvalue weighted by Gasteiger charge is -2.00. The standard InChI is InChI=1S/C10H18O3/c1-2-3-4-5-6-9-10(13-9)8(12)7-11/h2,8-12H,1,3-7H2. The zero-order valence-corrected chi connectivity index (χ0v) is 7.85. The monoisotopic (exact) mass is 186 g/mol. The summed E-state index contributed by atoms with van der Waals surface area (Å²) in [5, 5.41) is 17.8. The van der Waals surface area contributed by atoms with Crippen molar-refractivity contribution in [2.24, 2.45) is 0 Å². The van der Waals surface area contributed by atoms with Gasteiger partial charge in [0.15, 0.2) is 0 Å². The highest BCUT2D eigenvalue weighted by Crippen LogP contribution is 2.29. The molecule has 1 heterocycles. The number of epoxide rings is 1. The second-order valence-electron chi connectivity index (χ2n) is 3.46. The lowest BCUT2D eigenvalue weighted by atomic mass is 10.1. The van der Waals surface area contributed by atoms with E-state index in [0.717, 1.165) is 25.7 Å². The van der Waals surface area contributed by atoms with Gasteiger partial charge in [-0.25, -0.2) is 0 Å². The van der Waals surface area contributed by atoms with Crippen molar-refractivity contribution in [1.82, 2.24) is 0 Å². The molecule has 3 nitrogen and oxygen atoms in total. The Balaban J connectivity index is 1.97. The largest absolute Gasteiger partial charge is 0.394 e. The zero-order valence-electron chi connectivity index (χ0n) is 7.85. The van der Waals surface area contributed by atoms with E-state index in [2.05, 4.69) is 6.58 Å². The summed E-state index contributed by atoms with van der Waals surface area (Å²) in [5.74, 6) is 0. The fourth-order valence-electron chi connectivity index (χ4n) is 1.47. The summed E-state index contributed by atoms with van der Waals surface area (Å²) >= 11 is 0. The van der Waals surface area contributed by atoms with E-state index in [1.807, 2.05) is 6.08 Å². The first-order valence-corrected chi connectivity index (χ1v) is 4.85. The highest BCUT2D eigenvalue weighted by Gasteiger charge is 2.43. The molecule has 13 heavy (non-hydrogen) atoms. The predicted molar refractivity (Wildman–Crippen MR) is 50.4 cm³/mol. The maximum absolute atomic E-state index is 9.18. The van der Waals surface area contributed by atoms with Crippen LogP contribution in [0.2, 0.25) is 0 Å². The molecule has 1 saturated heterocycles. The van der Waals surface area contributed by atoms with Gasteiger partial charge in [-0.3, -0.25) is 0 Å². The van der Waals surface area contributed by atoms with Crippen LogP contribution >= 0.6 is 0 Å². The molecular weight excluding hydrogens is 168 g/mol. The van der Waals surface area contributed by atoms with Gasteiger partial charge in [0, 0.05) is 0 Å². The fraction of sp³-hybridized carbons (Fsp3) is 0.800. The van der Waals surface area contributed by atoms with Gasteiger partial charge >= 0.3 is 0 Å². The Hall–Kier alpha value is -0.380. The molecule has 0 bridgehead atoms. The van der Waals surface area contributed by atoms with Crippen molar-refractivity contribution in [1.29, 1.82) is 0 Å². The third-order valence-corrected chi connectivity index (χ3v) is 2.33. The molecule has 1 rings (SSSR count). The highest BCUT2D eigenvalue weighted by molar-refractivity contribution is 4.90. The number of aliphatic hydroxyl groups excluding tert-OH is 2. The molecule has 3 atom stereocenters. The van der Waals surface area contributed by atoms with Crippen molar-refractivity contribution in [2.45, 2.75) is 44.0 Å². The zero-order chi connectivity index (χ0) is 9.68. The second kappa shape index (κ2) is 5.37. The molecular formula is C10H18O3. The lowest BCUT2D eigenvalue weighted by Crippen LogP contribution is -2.21. The van der Waals surface area contributed by atoms with Crippen LogP contribution in [0.1, 0.15) is 25.7 Å². The smallest absolute Gasteiger partial charge is 0.112 e. The van der Waals surface area contributed by atoms with Crippen LogP contribution in [0, 0.1) is 0 Å². The summed E-state index contributed by atoms with van der Waals surface area (Å²) in [4.78, 5) is 0. The first-order chi connectivity index (χ1) is 6.29. The van der Waals surface area contributed by atoms with Crippen LogP contribution in [-0.2, 0) is 4.74 Å². The van der Waals surface area contributed by atoms with Gasteiger partial charge in [0.1, 0.15) is 12.2 Å². The fourth-order valence-corrected chi connectivity index (χ4v) is 1.47. The van der Waals surface area contributed by atoms with E-state index in [9.17, 15) is 5.11 Å². The molecule has 0 spiro atoms. The Morgan fingerprint density at radius 3 is 2.85 bits per heavy atom. The molecule has 0 aromatic carbocycles. The van der Waals surface area contributed by atoms with Crippen LogP contribution in [0.3, 0.4) is 0 Å². The third kappa shape index (κ3) is 3.46. The van der Waals surface area contributed by atoms with E-state index >= 15 is 0 Å². The van der Waals surface area contributed by atoms with Gasteiger partial charge in [0.25, 0.3) is 0 Å². The van der Waals surface area contributed by atoms with Crippen molar-refractivity contribution in [2.75, 3.05) is 6.61 Å². The number of allylic oxidation sites excluding steroid dienone is 1. The van der Waals surface area contributed by atoms with Crippen LogP contribution in [0.4, 0.5) is 0 Å². The van der Waals surface area contributed by atoms with E-state index in [-0.39, 0.29) is 18.8 Å². The van der Waals surface area contributed by atoms with Gasteiger partial charge in [-0.2, -0.15) is 0 Å². The third-order valence-electron chi connectivity index (χ3n) is 2.33. The minimum absolute atomic E-state index is 0.117. The Morgan fingerprint density at radius 2 is 2.23 bits per heavy atom. The normalized spacial score (nSPS) is 28.5. The number of ether oxygens (including phenoxy) is 1. The molecule has 1 fully saturated rings. The molecule has 76 valence electrons. The van der Waals surface area contributed by atoms with Gasteiger partial charge in [0.2, 0.25) is 0 Å². The van der Waals surface area contributed by atoms with Crippen LogP contribution in [-0.4, -0.2) is 35.1 Å². The summed E-state index contributed by atoms with van der Waals surface area (Å²) in [6, 6.07) is 0. The molecule has 0 radical (unpaired) electrons. The number of rotatable bonds is 7. The molecule has 0 saturated carbocycles. The average Bonchev–Trinajstić information content (AvgIpc) is 2.91. The van der Waals surface area contributed by atoms with Gasteiger partial charge in [-0.15, -0.1) is 6.58 Å². The summed E-state index contributed by atoms with van der Waals surface area (Å²) in [6.45, 7) is 3.44. The van der Waals surface area contributed by atoms with Crippen LogP contribution in [0.25, 0.3) is 0 Å². The highest BCUT2D eigenvalue weighted by atomic mass is 16.6.